The number of carbonyl (C=O) groups excluding carboxylic acids is 2. The molecule has 1 aliphatic rings. The van der Waals surface area contributed by atoms with Crippen LogP contribution in [0.3, 0.4) is 0 Å². The highest BCUT2D eigenvalue weighted by molar-refractivity contribution is 5.94. The Morgan fingerprint density at radius 3 is 2.78 bits per heavy atom. The van der Waals surface area contributed by atoms with Gasteiger partial charge in [-0.15, -0.1) is 0 Å². The van der Waals surface area contributed by atoms with Gasteiger partial charge in [0.15, 0.2) is 5.69 Å². The highest BCUT2D eigenvalue weighted by atomic mass is 16.5. The first-order chi connectivity index (χ1) is 8.49. The van der Waals surface area contributed by atoms with E-state index in [1.54, 1.807) is 4.90 Å². The fraction of sp³-hybridized carbons (Fsp3) is 0.583. The van der Waals surface area contributed by atoms with Gasteiger partial charge in [0.2, 0.25) is 5.91 Å². The average Bonchev–Trinajstić information content (AvgIpc) is 2.70. The molecule has 1 aliphatic heterocycles. The van der Waals surface area contributed by atoms with Gasteiger partial charge in [0.1, 0.15) is 5.76 Å². The van der Waals surface area contributed by atoms with E-state index in [0.717, 1.165) is 5.56 Å². The van der Waals surface area contributed by atoms with Crippen molar-refractivity contribution >= 4 is 11.8 Å². The molecule has 2 amide bonds. The van der Waals surface area contributed by atoms with Gasteiger partial charge in [-0.05, 0) is 13.8 Å². The smallest absolute Gasteiger partial charge is 0.274 e. The number of hydrogen-bond donors (Lipinski definition) is 1. The Kier molecular flexibility index (Phi) is 3.36. The van der Waals surface area contributed by atoms with Crippen molar-refractivity contribution in [1.82, 2.24) is 15.4 Å². The van der Waals surface area contributed by atoms with Gasteiger partial charge in [-0.2, -0.15) is 0 Å². The van der Waals surface area contributed by atoms with Crippen LogP contribution in [0.25, 0.3) is 0 Å². The SMILES string of the molecule is CC(=O)N1CCc2onc(C(=O)NC(C)C)c2C1. The monoisotopic (exact) mass is 251 g/mol. The highest BCUT2D eigenvalue weighted by Gasteiger charge is 2.28. The number of nitrogens with one attached hydrogen (secondary N) is 1. The number of fused-ring (bicyclic) bond motifs is 1. The number of hydrogen-bond acceptors (Lipinski definition) is 4. The fourth-order valence-electron chi connectivity index (χ4n) is 1.99. The molecule has 0 bridgehead atoms. The summed E-state index contributed by atoms with van der Waals surface area (Å²) in [6.45, 7) is 6.29. The van der Waals surface area contributed by atoms with Gasteiger partial charge in [-0.25, -0.2) is 0 Å². The number of rotatable bonds is 2. The molecule has 6 nitrogen and oxygen atoms in total. The van der Waals surface area contributed by atoms with Gasteiger partial charge in [0.25, 0.3) is 5.91 Å². The Hall–Kier alpha value is -1.85. The lowest BCUT2D eigenvalue weighted by molar-refractivity contribution is -0.129. The quantitative estimate of drug-likeness (QED) is 0.840. The molecule has 0 aromatic carbocycles. The van der Waals surface area contributed by atoms with Gasteiger partial charge in [0, 0.05) is 31.5 Å². The van der Waals surface area contributed by atoms with Crippen LogP contribution in [0.1, 0.15) is 42.6 Å². The van der Waals surface area contributed by atoms with Crippen LogP contribution in [-0.4, -0.2) is 34.5 Å². The average molecular weight is 251 g/mol. The molecule has 1 aromatic heterocycles. The molecule has 0 spiro atoms. The second kappa shape index (κ2) is 4.80. The fourth-order valence-corrected chi connectivity index (χ4v) is 1.99. The summed E-state index contributed by atoms with van der Waals surface area (Å²) in [6, 6.07) is 0.0392. The molecule has 0 unspecified atom stereocenters. The number of aromatic nitrogens is 1. The first-order valence-corrected chi connectivity index (χ1v) is 6.03. The molecule has 0 saturated heterocycles. The van der Waals surface area contributed by atoms with E-state index in [9.17, 15) is 9.59 Å². The Morgan fingerprint density at radius 1 is 1.44 bits per heavy atom. The van der Waals surface area contributed by atoms with Crippen LogP contribution in [0, 0.1) is 0 Å². The summed E-state index contributed by atoms with van der Waals surface area (Å²) in [6.07, 6.45) is 0.608. The van der Waals surface area contributed by atoms with Gasteiger partial charge in [0.05, 0.1) is 6.54 Å². The van der Waals surface area contributed by atoms with Gasteiger partial charge >= 0.3 is 0 Å². The van der Waals surface area contributed by atoms with E-state index in [4.69, 9.17) is 4.52 Å². The van der Waals surface area contributed by atoms with Crippen molar-refractivity contribution in [1.29, 1.82) is 0 Å². The van der Waals surface area contributed by atoms with E-state index in [1.165, 1.54) is 6.92 Å². The van der Waals surface area contributed by atoms with Crippen LogP contribution >= 0.6 is 0 Å². The summed E-state index contributed by atoms with van der Waals surface area (Å²) in [5.41, 5.74) is 1.03. The summed E-state index contributed by atoms with van der Waals surface area (Å²) in [7, 11) is 0. The van der Waals surface area contributed by atoms with Gasteiger partial charge < -0.3 is 14.7 Å². The Bertz CT molecular complexity index is 479. The van der Waals surface area contributed by atoms with E-state index in [-0.39, 0.29) is 17.9 Å². The maximum atomic E-state index is 11.9. The molecule has 0 saturated carbocycles. The van der Waals surface area contributed by atoms with Crippen molar-refractivity contribution in [3.05, 3.63) is 17.0 Å². The first-order valence-electron chi connectivity index (χ1n) is 6.03. The largest absolute Gasteiger partial charge is 0.360 e. The first kappa shape index (κ1) is 12.6. The van der Waals surface area contributed by atoms with E-state index >= 15 is 0 Å². The minimum absolute atomic E-state index is 0.00272. The standard InChI is InChI=1S/C12H17N3O3/c1-7(2)13-12(17)11-9-6-15(8(3)16)5-4-10(9)18-14-11/h7H,4-6H2,1-3H3,(H,13,17). The Morgan fingerprint density at radius 2 is 2.17 bits per heavy atom. The maximum absolute atomic E-state index is 11.9. The predicted molar refractivity (Wildman–Crippen MR) is 63.9 cm³/mol. The van der Waals surface area contributed by atoms with E-state index < -0.39 is 0 Å². The maximum Gasteiger partial charge on any atom is 0.274 e. The molecular formula is C12H17N3O3. The Labute approximate surface area is 105 Å². The van der Waals surface area contributed by atoms with E-state index in [2.05, 4.69) is 10.5 Å². The Balaban J connectivity index is 2.23. The number of carbonyl (C=O) groups is 2. The summed E-state index contributed by atoms with van der Waals surface area (Å²) >= 11 is 0. The summed E-state index contributed by atoms with van der Waals surface area (Å²) < 4.78 is 5.17. The predicted octanol–water partition coefficient (Wildman–Crippen LogP) is 0.717. The second-order valence-corrected chi connectivity index (χ2v) is 4.75. The minimum Gasteiger partial charge on any atom is -0.360 e. The van der Waals surface area contributed by atoms with Crippen molar-refractivity contribution in [2.45, 2.75) is 39.8 Å². The van der Waals surface area contributed by atoms with Gasteiger partial charge in [-0.3, -0.25) is 9.59 Å². The van der Waals surface area contributed by atoms with E-state index in [0.29, 0.717) is 31.0 Å². The molecule has 0 aliphatic carbocycles. The highest BCUT2D eigenvalue weighted by Crippen LogP contribution is 2.22. The molecule has 6 heteroatoms. The number of nitrogens with zero attached hydrogens (tertiary/aromatic N) is 2. The summed E-state index contributed by atoms with van der Waals surface area (Å²) in [4.78, 5) is 25.0. The topological polar surface area (TPSA) is 75.4 Å². The molecule has 2 heterocycles. The zero-order valence-corrected chi connectivity index (χ0v) is 10.8. The van der Waals surface area contributed by atoms with Crippen LogP contribution in [0.15, 0.2) is 4.52 Å². The third-order valence-corrected chi connectivity index (χ3v) is 2.91. The minimum atomic E-state index is -0.250. The molecule has 0 radical (unpaired) electrons. The van der Waals surface area contributed by atoms with Crippen molar-refractivity contribution < 1.29 is 14.1 Å². The molecule has 2 rings (SSSR count). The summed E-state index contributed by atoms with van der Waals surface area (Å²) in [5.74, 6) is 0.457. The molecule has 98 valence electrons. The lowest BCUT2D eigenvalue weighted by atomic mass is 10.1. The van der Waals surface area contributed by atoms with Crippen LogP contribution in [-0.2, 0) is 17.8 Å². The van der Waals surface area contributed by atoms with Crippen molar-refractivity contribution in [3.8, 4) is 0 Å². The third kappa shape index (κ3) is 2.37. The lowest BCUT2D eigenvalue weighted by Crippen LogP contribution is -2.36. The van der Waals surface area contributed by atoms with Crippen LogP contribution in [0.5, 0.6) is 0 Å². The molecule has 0 atom stereocenters. The van der Waals surface area contributed by atoms with Gasteiger partial charge in [-0.1, -0.05) is 5.16 Å². The van der Waals surface area contributed by atoms with Crippen molar-refractivity contribution in [2.24, 2.45) is 0 Å². The second-order valence-electron chi connectivity index (χ2n) is 4.75. The van der Waals surface area contributed by atoms with Crippen molar-refractivity contribution in [2.75, 3.05) is 6.54 Å². The zero-order chi connectivity index (χ0) is 13.3. The number of amides is 2. The van der Waals surface area contributed by atoms with Crippen LogP contribution in [0.2, 0.25) is 0 Å². The third-order valence-electron chi connectivity index (χ3n) is 2.91. The molecule has 1 aromatic rings. The lowest BCUT2D eigenvalue weighted by Gasteiger charge is -2.24. The molecule has 18 heavy (non-hydrogen) atoms. The molecule has 1 N–H and O–H groups in total. The molecular weight excluding hydrogens is 234 g/mol. The molecule has 0 fully saturated rings. The zero-order valence-electron chi connectivity index (χ0n) is 10.8. The summed E-state index contributed by atoms with van der Waals surface area (Å²) in [5, 5.41) is 6.59. The normalized spacial score (nSPS) is 14.6. The van der Waals surface area contributed by atoms with Crippen LogP contribution in [0.4, 0.5) is 0 Å². The van der Waals surface area contributed by atoms with Crippen molar-refractivity contribution in [3.63, 3.8) is 0 Å². The van der Waals surface area contributed by atoms with Crippen LogP contribution < -0.4 is 5.32 Å². The van der Waals surface area contributed by atoms with E-state index in [1.807, 2.05) is 13.8 Å².